The van der Waals surface area contributed by atoms with Crippen LogP contribution in [0.3, 0.4) is 0 Å². The number of anilines is 1. The van der Waals surface area contributed by atoms with Gasteiger partial charge in [0, 0.05) is 18.8 Å². The summed E-state index contributed by atoms with van der Waals surface area (Å²) in [5, 5.41) is 9.96. The number of para-hydroxylation sites is 2. The summed E-state index contributed by atoms with van der Waals surface area (Å²) in [6.07, 6.45) is 3.02. The van der Waals surface area contributed by atoms with Crippen LogP contribution in [0.5, 0.6) is 0 Å². The second-order valence-corrected chi connectivity index (χ2v) is 8.95. The Labute approximate surface area is 197 Å². The molecule has 0 fully saturated rings. The largest absolute Gasteiger partial charge is 0.312 e. The standard InChI is InChI=1S/C25H29N5O2S/c1-4-6-11-16-29-23(32)19-13-8-10-15-21(19)30-24(29)26-27-25(30)33-17-22(31)28(5-2)20-14-9-7-12-18(20)3/h7-10,12-15H,4-6,11,16-17H2,1-3H3. The molecule has 0 atom stereocenters. The minimum atomic E-state index is -0.0501. The molecule has 0 N–H and O–H groups in total. The lowest BCUT2D eigenvalue weighted by molar-refractivity contribution is -0.116. The van der Waals surface area contributed by atoms with E-state index in [1.54, 1.807) is 9.47 Å². The average molecular weight is 464 g/mol. The van der Waals surface area contributed by atoms with Crippen molar-refractivity contribution in [2.45, 2.75) is 51.7 Å². The van der Waals surface area contributed by atoms with Crippen molar-refractivity contribution in [2.24, 2.45) is 0 Å². The van der Waals surface area contributed by atoms with Gasteiger partial charge in [0.25, 0.3) is 5.56 Å². The van der Waals surface area contributed by atoms with Crippen LogP contribution in [0, 0.1) is 6.92 Å². The normalized spacial score (nSPS) is 11.4. The van der Waals surface area contributed by atoms with Crippen LogP contribution in [0.25, 0.3) is 16.7 Å². The van der Waals surface area contributed by atoms with Crippen molar-refractivity contribution in [1.82, 2.24) is 19.2 Å². The van der Waals surface area contributed by atoms with Crippen molar-refractivity contribution in [1.29, 1.82) is 0 Å². The fraction of sp³-hybridized carbons (Fsp3) is 0.360. The van der Waals surface area contributed by atoms with E-state index in [4.69, 9.17) is 0 Å². The Bertz CT molecular complexity index is 1340. The fourth-order valence-electron chi connectivity index (χ4n) is 4.10. The Morgan fingerprint density at radius 2 is 1.79 bits per heavy atom. The molecule has 172 valence electrons. The highest BCUT2D eigenvalue weighted by molar-refractivity contribution is 7.99. The van der Waals surface area contributed by atoms with Crippen molar-refractivity contribution in [2.75, 3.05) is 17.2 Å². The Morgan fingerprint density at radius 3 is 2.55 bits per heavy atom. The molecule has 0 spiro atoms. The van der Waals surface area contributed by atoms with Crippen LogP contribution >= 0.6 is 11.8 Å². The van der Waals surface area contributed by atoms with E-state index in [-0.39, 0.29) is 17.2 Å². The van der Waals surface area contributed by atoms with Gasteiger partial charge in [-0.15, -0.1) is 10.2 Å². The van der Waals surface area contributed by atoms with Crippen LogP contribution in [0.15, 0.2) is 58.5 Å². The highest BCUT2D eigenvalue weighted by Crippen LogP contribution is 2.24. The van der Waals surface area contributed by atoms with Crippen LogP contribution in [-0.4, -0.2) is 37.4 Å². The second kappa shape index (κ2) is 10.2. The van der Waals surface area contributed by atoms with Gasteiger partial charge in [-0.3, -0.25) is 18.6 Å². The quantitative estimate of drug-likeness (QED) is 0.266. The number of aryl methyl sites for hydroxylation is 2. The third-order valence-corrected chi connectivity index (χ3v) is 6.73. The van der Waals surface area contributed by atoms with Crippen molar-refractivity contribution < 1.29 is 4.79 Å². The molecule has 0 saturated heterocycles. The summed E-state index contributed by atoms with van der Waals surface area (Å²) in [6, 6.07) is 15.4. The van der Waals surface area contributed by atoms with E-state index >= 15 is 0 Å². The van der Waals surface area contributed by atoms with Crippen LogP contribution in [0.2, 0.25) is 0 Å². The molecule has 4 rings (SSSR count). The fourth-order valence-corrected chi connectivity index (χ4v) is 4.92. The van der Waals surface area contributed by atoms with E-state index in [2.05, 4.69) is 17.1 Å². The first-order valence-electron chi connectivity index (χ1n) is 11.4. The highest BCUT2D eigenvalue weighted by atomic mass is 32.2. The summed E-state index contributed by atoms with van der Waals surface area (Å²) >= 11 is 1.35. The van der Waals surface area contributed by atoms with Crippen LogP contribution in [0.4, 0.5) is 5.69 Å². The third kappa shape index (κ3) is 4.53. The molecule has 0 aliphatic rings. The lowest BCUT2D eigenvalue weighted by Crippen LogP contribution is -2.32. The van der Waals surface area contributed by atoms with Gasteiger partial charge in [-0.2, -0.15) is 0 Å². The molecule has 2 aromatic heterocycles. The molecule has 2 aromatic carbocycles. The van der Waals surface area contributed by atoms with E-state index in [1.165, 1.54) is 11.8 Å². The lowest BCUT2D eigenvalue weighted by Gasteiger charge is -2.22. The number of rotatable bonds is 9. The Balaban J connectivity index is 1.68. The number of hydrogen-bond donors (Lipinski definition) is 0. The number of unbranched alkanes of at least 4 members (excludes halogenated alkanes) is 2. The van der Waals surface area contributed by atoms with Gasteiger partial charge in [-0.05, 0) is 44.0 Å². The predicted octanol–water partition coefficient (Wildman–Crippen LogP) is 4.69. The molecule has 1 amide bonds. The summed E-state index contributed by atoms with van der Waals surface area (Å²) in [5.41, 5.74) is 2.70. The summed E-state index contributed by atoms with van der Waals surface area (Å²) in [5.74, 6) is 0.761. The summed E-state index contributed by atoms with van der Waals surface area (Å²) < 4.78 is 3.62. The van der Waals surface area contributed by atoms with Crippen molar-refractivity contribution in [3.05, 3.63) is 64.4 Å². The van der Waals surface area contributed by atoms with Crippen LogP contribution < -0.4 is 10.5 Å². The van der Waals surface area contributed by atoms with Gasteiger partial charge in [0.2, 0.25) is 11.7 Å². The van der Waals surface area contributed by atoms with Crippen molar-refractivity contribution >= 4 is 40.0 Å². The van der Waals surface area contributed by atoms with Gasteiger partial charge in [-0.1, -0.05) is 61.9 Å². The first-order chi connectivity index (χ1) is 16.1. The zero-order valence-electron chi connectivity index (χ0n) is 19.3. The number of carbonyl (C=O) groups is 1. The maximum absolute atomic E-state index is 13.1. The summed E-state index contributed by atoms with van der Waals surface area (Å²) in [6.45, 7) is 7.31. The number of hydrogen-bond acceptors (Lipinski definition) is 5. The SMILES string of the molecule is CCCCCn1c(=O)c2ccccc2n2c(SCC(=O)N(CC)c3ccccc3C)nnc12. The van der Waals surface area contributed by atoms with Crippen molar-refractivity contribution in [3.8, 4) is 0 Å². The molecule has 0 radical (unpaired) electrons. The van der Waals surface area contributed by atoms with E-state index < -0.39 is 0 Å². The Hall–Kier alpha value is -3.13. The number of carbonyl (C=O) groups excluding carboxylic acids is 1. The number of thioether (sulfide) groups is 1. The number of fused-ring (bicyclic) bond motifs is 3. The third-order valence-electron chi connectivity index (χ3n) is 5.81. The van der Waals surface area contributed by atoms with E-state index in [0.717, 1.165) is 36.0 Å². The first kappa shape index (κ1) is 23.0. The molecule has 33 heavy (non-hydrogen) atoms. The van der Waals surface area contributed by atoms with Gasteiger partial charge >= 0.3 is 0 Å². The Kier molecular flexibility index (Phi) is 7.13. The topological polar surface area (TPSA) is 72.5 Å². The van der Waals surface area contributed by atoms with E-state index in [1.807, 2.05) is 66.8 Å². The molecule has 2 heterocycles. The van der Waals surface area contributed by atoms with Gasteiger partial charge in [-0.25, -0.2) is 0 Å². The van der Waals surface area contributed by atoms with Crippen molar-refractivity contribution in [3.63, 3.8) is 0 Å². The summed E-state index contributed by atoms with van der Waals surface area (Å²) in [7, 11) is 0. The van der Waals surface area contributed by atoms with Crippen LogP contribution in [-0.2, 0) is 11.3 Å². The molecule has 0 aliphatic carbocycles. The monoisotopic (exact) mass is 463 g/mol. The molecule has 8 heteroatoms. The van der Waals surface area contributed by atoms with Crippen LogP contribution in [0.1, 0.15) is 38.7 Å². The molecule has 0 saturated carbocycles. The second-order valence-electron chi connectivity index (χ2n) is 8.01. The molecule has 4 aromatic rings. The van der Waals surface area contributed by atoms with Gasteiger partial charge in [0.15, 0.2) is 5.16 Å². The zero-order valence-corrected chi connectivity index (χ0v) is 20.1. The molecule has 0 bridgehead atoms. The number of benzene rings is 2. The minimum Gasteiger partial charge on any atom is -0.312 e. The zero-order chi connectivity index (χ0) is 23.4. The van der Waals surface area contributed by atoms with E-state index in [9.17, 15) is 9.59 Å². The summed E-state index contributed by atoms with van der Waals surface area (Å²) in [4.78, 5) is 28.0. The molecule has 7 nitrogen and oxygen atoms in total. The number of nitrogens with zero attached hydrogens (tertiary/aromatic N) is 5. The number of aromatic nitrogens is 4. The van der Waals surface area contributed by atoms with Gasteiger partial charge < -0.3 is 4.90 Å². The predicted molar refractivity (Wildman–Crippen MR) is 134 cm³/mol. The smallest absolute Gasteiger partial charge is 0.262 e. The van der Waals surface area contributed by atoms with Gasteiger partial charge in [0.05, 0.1) is 16.7 Å². The molecular weight excluding hydrogens is 434 g/mol. The highest BCUT2D eigenvalue weighted by Gasteiger charge is 2.20. The van der Waals surface area contributed by atoms with Gasteiger partial charge in [0.1, 0.15) is 0 Å². The Morgan fingerprint density at radius 1 is 1.03 bits per heavy atom. The number of amides is 1. The lowest BCUT2D eigenvalue weighted by atomic mass is 10.2. The molecular formula is C25H29N5O2S. The van der Waals surface area contributed by atoms with E-state index in [0.29, 0.717) is 29.4 Å². The first-order valence-corrected chi connectivity index (χ1v) is 12.4. The molecule has 0 unspecified atom stereocenters. The maximum Gasteiger partial charge on any atom is 0.262 e. The molecule has 0 aliphatic heterocycles. The minimum absolute atomic E-state index is 0.00845. The maximum atomic E-state index is 13.1. The average Bonchev–Trinajstić information content (AvgIpc) is 3.25.